The Hall–Kier alpha value is -2.83. The lowest BCUT2D eigenvalue weighted by atomic mass is 9.83. The lowest BCUT2D eigenvalue weighted by Crippen LogP contribution is -2.53. The van der Waals surface area contributed by atoms with Crippen LogP contribution >= 0.6 is 0 Å². The van der Waals surface area contributed by atoms with Gasteiger partial charge in [-0.3, -0.25) is 14.6 Å². The van der Waals surface area contributed by atoms with E-state index in [0.29, 0.717) is 19.6 Å². The first kappa shape index (κ1) is 19.5. The third kappa shape index (κ3) is 4.44. The molecule has 1 saturated heterocycles. The zero-order valence-corrected chi connectivity index (χ0v) is 16.3. The SMILES string of the molecule is O=C(c1ccc(F)cn1)N1CCCC(N(Cc2cccnc2)C(=O)C2CCC2)C1. The molecule has 152 valence electrons. The summed E-state index contributed by atoms with van der Waals surface area (Å²) in [5.74, 6) is -0.408. The quantitative estimate of drug-likeness (QED) is 0.779. The summed E-state index contributed by atoms with van der Waals surface area (Å²) >= 11 is 0. The molecule has 0 radical (unpaired) electrons. The van der Waals surface area contributed by atoms with Gasteiger partial charge >= 0.3 is 0 Å². The van der Waals surface area contributed by atoms with Crippen LogP contribution in [0.25, 0.3) is 0 Å². The highest BCUT2D eigenvalue weighted by molar-refractivity contribution is 5.92. The number of carbonyl (C=O) groups is 2. The highest BCUT2D eigenvalue weighted by Gasteiger charge is 2.36. The predicted octanol–water partition coefficient (Wildman–Crippen LogP) is 3.05. The maximum atomic E-state index is 13.2. The molecule has 1 saturated carbocycles. The van der Waals surface area contributed by atoms with Crippen molar-refractivity contribution >= 4 is 11.8 Å². The first-order valence-corrected chi connectivity index (χ1v) is 10.2. The number of pyridine rings is 2. The van der Waals surface area contributed by atoms with Crippen LogP contribution in [0.15, 0.2) is 42.9 Å². The van der Waals surface area contributed by atoms with Gasteiger partial charge in [0.2, 0.25) is 5.91 Å². The number of hydrogen-bond acceptors (Lipinski definition) is 4. The molecule has 1 aliphatic heterocycles. The highest BCUT2D eigenvalue weighted by atomic mass is 19.1. The second-order valence-electron chi connectivity index (χ2n) is 7.86. The lowest BCUT2D eigenvalue weighted by Gasteiger charge is -2.42. The van der Waals surface area contributed by atoms with Crippen molar-refractivity contribution in [3.63, 3.8) is 0 Å². The summed E-state index contributed by atoms with van der Waals surface area (Å²) in [6.07, 6.45) is 9.23. The van der Waals surface area contributed by atoms with Gasteiger partial charge in [-0.05, 0) is 49.4 Å². The molecule has 2 amide bonds. The number of amides is 2. The molecule has 4 rings (SSSR count). The molecular formula is C22H25FN4O2. The van der Waals surface area contributed by atoms with E-state index in [0.717, 1.165) is 43.9 Å². The lowest BCUT2D eigenvalue weighted by molar-refractivity contribution is -0.142. The molecule has 0 spiro atoms. The number of carbonyl (C=O) groups excluding carboxylic acids is 2. The van der Waals surface area contributed by atoms with Crippen molar-refractivity contribution in [1.29, 1.82) is 0 Å². The Morgan fingerprint density at radius 3 is 2.66 bits per heavy atom. The Bertz CT molecular complexity index is 855. The normalized spacial score (nSPS) is 19.5. The summed E-state index contributed by atoms with van der Waals surface area (Å²) in [7, 11) is 0. The minimum atomic E-state index is -0.466. The van der Waals surface area contributed by atoms with Crippen LogP contribution < -0.4 is 0 Å². The van der Waals surface area contributed by atoms with Crippen molar-refractivity contribution in [3.05, 3.63) is 59.9 Å². The van der Waals surface area contributed by atoms with Crippen LogP contribution in [0, 0.1) is 11.7 Å². The molecule has 6 nitrogen and oxygen atoms in total. The number of rotatable bonds is 5. The Morgan fingerprint density at radius 2 is 2.00 bits per heavy atom. The fourth-order valence-corrected chi connectivity index (χ4v) is 4.02. The molecule has 29 heavy (non-hydrogen) atoms. The average molecular weight is 396 g/mol. The predicted molar refractivity (Wildman–Crippen MR) is 105 cm³/mol. The van der Waals surface area contributed by atoms with Gasteiger partial charge in [0.1, 0.15) is 11.5 Å². The molecule has 7 heteroatoms. The van der Waals surface area contributed by atoms with Crippen LogP contribution in [-0.2, 0) is 11.3 Å². The number of aromatic nitrogens is 2. The van der Waals surface area contributed by atoms with E-state index in [1.165, 1.54) is 12.1 Å². The van der Waals surface area contributed by atoms with Gasteiger partial charge in [0, 0.05) is 44.0 Å². The minimum absolute atomic E-state index is 0.0403. The van der Waals surface area contributed by atoms with Crippen LogP contribution in [0.3, 0.4) is 0 Å². The minimum Gasteiger partial charge on any atom is -0.335 e. The van der Waals surface area contributed by atoms with Crippen LogP contribution in [-0.4, -0.2) is 50.7 Å². The maximum absolute atomic E-state index is 13.2. The Morgan fingerprint density at radius 1 is 1.14 bits per heavy atom. The van der Waals surface area contributed by atoms with Crippen molar-refractivity contribution in [2.45, 2.75) is 44.7 Å². The molecular weight excluding hydrogens is 371 g/mol. The van der Waals surface area contributed by atoms with Crippen molar-refractivity contribution in [3.8, 4) is 0 Å². The van der Waals surface area contributed by atoms with Crippen LogP contribution in [0.1, 0.15) is 48.2 Å². The molecule has 1 atom stereocenters. The second kappa shape index (κ2) is 8.68. The molecule has 1 unspecified atom stereocenters. The first-order chi connectivity index (χ1) is 14.1. The summed E-state index contributed by atoms with van der Waals surface area (Å²) in [4.78, 5) is 37.8. The molecule has 2 aromatic rings. The Balaban J connectivity index is 1.51. The van der Waals surface area contributed by atoms with E-state index in [4.69, 9.17) is 0 Å². The van der Waals surface area contributed by atoms with Crippen LogP contribution in [0.2, 0.25) is 0 Å². The number of hydrogen-bond donors (Lipinski definition) is 0. The fourth-order valence-electron chi connectivity index (χ4n) is 4.02. The number of nitrogens with zero attached hydrogens (tertiary/aromatic N) is 4. The highest BCUT2D eigenvalue weighted by Crippen LogP contribution is 2.31. The number of piperidine rings is 1. The topological polar surface area (TPSA) is 66.4 Å². The van der Waals surface area contributed by atoms with E-state index < -0.39 is 5.82 Å². The number of likely N-dealkylation sites (tertiary alicyclic amines) is 1. The van der Waals surface area contributed by atoms with E-state index in [1.807, 2.05) is 17.0 Å². The third-order valence-corrected chi connectivity index (χ3v) is 5.88. The summed E-state index contributed by atoms with van der Waals surface area (Å²) in [6, 6.07) is 6.46. The van der Waals surface area contributed by atoms with Crippen LogP contribution in [0.4, 0.5) is 4.39 Å². The largest absolute Gasteiger partial charge is 0.335 e. The van der Waals surface area contributed by atoms with E-state index in [2.05, 4.69) is 9.97 Å². The smallest absolute Gasteiger partial charge is 0.272 e. The zero-order chi connectivity index (χ0) is 20.2. The maximum Gasteiger partial charge on any atom is 0.272 e. The zero-order valence-electron chi connectivity index (χ0n) is 16.3. The molecule has 0 aromatic carbocycles. The third-order valence-electron chi connectivity index (χ3n) is 5.88. The summed E-state index contributed by atoms with van der Waals surface area (Å²) in [5.41, 5.74) is 1.22. The molecule has 0 bridgehead atoms. The number of halogens is 1. The summed E-state index contributed by atoms with van der Waals surface area (Å²) in [6.45, 7) is 1.59. The van der Waals surface area contributed by atoms with Crippen molar-refractivity contribution in [2.24, 2.45) is 5.92 Å². The first-order valence-electron chi connectivity index (χ1n) is 10.2. The second-order valence-corrected chi connectivity index (χ2v) is 7.86. The van der Waals surface area contributed by atoms with Gasteiger partial charge in [0.15, 0.2) is 0 Å². The molecule has 1 aliphatic carbocycles. The van der Waals surface area contributed by atoms with Gasteiger partial charge in [-0.15, -0.1) is 0 Å². The van der Waals surface area contributed by atoms with Gasteiger partial charge in [0.25, 0.3) is 5.91 Å². The van der Waals surface area contributed by atoms with Crippen molar-refractivity contribution in [1.82, 2.24) is 19.8 Å². The van der Waals surface area contributed by atoms with Gasteiger partial charge in [-0.25, -0.2) is 9.37 Å². The van der Waals surface area contributed by atoms with Crippen molar-refractivity contribution in [2.75, 3.05) is 13.1 Å². The molecule has 3 heterocycles. The van der Waals surface area contributed by atoms with Crippen molar-refractivity contribution < 1.29 is 14.0 Å². The standard InChI is InChI=1S/C22H25FN4O2/c23-18-8-9-20(25-13-18)22(29)26-11-3-7-19(15-26)27(21(28)17-5-1-6-17)14-16-4-2-10-24-12-16/h2,4,8-10,12-13,17,19H,1,3,5-7,11,14-15H2. The molecule has 0 N–H and O–H groups in total. The summed E-state index contributed by atoms with van der Waals surface area (Å²) in [5, 5.41) is 0. The Kier molecular flexibility index (Phi) is 5.83. The van der Waals surface area contributed by atoms with Gasteiger partial charge in [-0.2, -0.15) is 0 Å². The average Bonchev–Trinajstić information content (AvgIpc) is 2.71. The summed E-state index contributed by atoms with van der Waals surface area (Å²) < 4.78 is 13.1. The van der Waals surface area contributed by atoms with Gasteiger partial charge in [0.05, 0.1) is 6.20 Å². The molecule has 2 aromatic heterocycles. The van der Waals surface area contributed by atoms with E-state index in [1.54, 1.807) is 17.3 Å². The van der Waals surface area contributed by atoms with E-state index >= 15 is 0 Å². The molecule has 2 aliphatic rings. The van der Waals surface area contributed by atoms with E-state index in [-0.39, 0.29) is 29.5 Å². The van der Waals surface area contributed by atoms with Gasteiger partial charge in [-0.1, -0.05) is 12.5 Å². The Labute approximate surface area is 169 Å². The fraction of sp³-hybridized carbons (Fsp3) is 0.455. The van der Waals surface area contributed by atoms with Crippen LogP contribution in [0.5, 0.6) is 0 Å². The monoisotopic (exact) mass is 396 g/mol. The van der Waals surface area contributed by atoms with Gasteiger partial charge < -0.3 is 9.80 Å². The van der Waals surface area contributed by atoms with E-state index in [9.17, 15) is 14.0 Å². The molecule has 2 fully saturated rings.